The Kier molecular flexibility index (Phi) is 6.53. The summed E-state index contributed by atoms with van der Waals surface area (Å²) < 4.78 is 12.5. The van der Waals surface area contributed by atoms with Gasteiger partial charge in [-0.15, -0.1) is 11.3 Å². The highest BCUT2D eigenvalue weighted by atomic mass is 32.1. The van der Waals surface area contributed by atoms with Gasteiger partial charge in [0.25, 0.3) is 0 Å². The molecule has 2 aromatic heterocycles. The summed E-state index contributed by atoms with van der Waals surface area (Å²) in [5, 5.41) is 13.5. The van der Waals surface area contributed by atoms with Crippen LogP contribution in [0.2, 0.25) is 0 Å². The lowest BCUT2D eigenvalue weighted by atomic mass is 10.2. The molecule has 1 aromatic carbocycles. The van der Waals surface area contributed by atoms with Crippen LogP contribution in [-0.2, 0) is 4.79 Å². The number of carbonyl (C=O) groups is 1. The molecule has 3 rings (SSSR count). The van der Waals surface area contributed by atoms with Gasteiger partial charge in [-0.25, -0.2) is 9.97 Å². The summed E-state index contributed by atoms with van der Waals surface area (Å²) >= 11 is 1.52. The first-order valence-corrected chi connectivity index (χ1v) is 10.5. The highest BCUT2D eigenvalue weighted by Crippen LogP contribution is 2.36. The summed E-state index contributed by atoms with van der Waals surface area (Å²) in [7, 11) is 0. The summed E-state index contributed by atoms with van der Waals surface area (Å²) in [4.78, 5) is 20.0. The molecular formula is C22H24N4O3S. The van der Waals surface area contributed by atoms with Crippen molar-refractivity contribution in [2.75, 3.05) is 0 Å². The van der Waals surface area contributed by atoms with Gasteiger partial charge in [0, 0.05) is 18.9 Å². The monoisotopic (exact) mass is 424 g/mol. The molecule has 2 heterocycles. The fourth-order valence-electron chi connectivity index (χ4n) is 2.78. The normalized spacial score (nSPS) is 13.0. The van der Waals surface area contributed by atoms with Crippen LogP contribution < -0.4 is 14.8 Å². The number of amides is 1. The number of hydrogen-bond donors (Lipinski definition) is 1. The highest BCUT2D eigenvalue weighted by Gasteiger charge is 2.17. The van der Waals surface area contributed by atoms with E-state index in [1.165, 1.54) is 18.3 Å². The van der Waals surface area contributed by atoms with E-state index >= 15 is 0 Å². The third-order valence-corrected chi connectivity index (χ3v) is 5.91. The van der Waals surface area contributed by atoms with Gasteiger partial charge < -0.3 is 14.8 Å². The van der Waals surface area contributed by atoms with Crippen LogP contribution in [0.3, 0.4) is 0 Å². The Morgan fingerprint density at radius 2 is 1.97 bits per heavy atom. The van der Waals surface area contributed by atoms with E-state index in [2.05, 4.69) is 35.2 Å². The quantitative estimate of drug-likeness (QED) is 0.587. The first-order chi connectivity index (χ1) is 14.3. The Labute approximate surface area is 179 Å². The second-order valence-corrected chi connectivity index (χ2v) is 8.38. The molecule has 0 aliphatic heterocycles. The Balaban J connectivity index is 1.76. The van der Waals surface area contributed by atoms with E-state index in [1.807, 2.05) is 19.9 Å². The topological polar surface area (TPSA) is 97.1 Å². The molecule has 0 aliphatic carbocycles. The maximum absolute atomic E-state index is 11.2. The molecule has 2 unspecified atom stereocenters. The van der Waals surface area contributed by atoms with Crippen molar-refractivity contribution in [1.82, 2.24) is 15.3 Å². The van der Waals surface area contributed by atoms with Crippen molar-refractivity contribution in [2.24, 2.45) is 0 Å². The second-order valence-electron chi connectivity index (χ2n) is 7.35. The van der Waals surface area contributed by atoms with Crippen molar-refractivity contribution < 1.29 is 14.3 Å². The number of ether oxygens (including phenoxy) is 2. The van der Waals surface area contributed by atoms with E-state index in [0.717, 1.165) is 15.2 Å². The lowest BCUT2D eigenvalue weighted by Gasteiger charge is -2.21. The molecule has 0 saturated carbocycles. The molecule has 30 heavy (non-hydrogen) atoms. The summed E-state index contributed by atoms with van der Waals surface area (Å²) in [6.07, 6.45) is 1.30. The van der Waals surface area contributed by atoms with Crippen molar-refractivity contribution in [3.8, 4) is 23.4 Å². The molecule has 0 spiro atoms. The highest BCUT2D eigenvalue weighted by molar-refractivity contribution is 7.18. The zero-order valence-electron chi connectivity index (χ0n) is 17.6. The number of nitrogens with zero attached hydrogens (tertiary/aromatic N) is 3. The summed E-state index contributed by atoms with van der Waals surface area (Å²) in [5.41, 5.74) is 1.27. The molecule has 3 aromatic rings. The van der Waals surface area contributed by atoms with Gasteiger partial charge >= 0.3 is 0 Å². The minimum absolute atomic E-state index is 0.110. The third kappa shape index (κ3) is 4.86. The number of nitriles is 1. The van der Waals surface area contributed by atoms with E-state index in [9.17, 15) is 10.1 Å². The van der Waals surface area contributed by atoms with Crippen LogP contribution in [-0.4, -0.2) is 28.0 Å². The molecule has 2 atom stereocenters. The summed E-state index contributed by atoms with van der Waals surface area (Å²) in [5.74, 6) is 1.57. The number of nitrogens with one attached hydrogen (secondary N) is 1. The fourth-order valence-corrected chi connectivity index (χ4v) is 3.84. The SMILES string of the molecule is CC(=O)NC(C)C(C)Oc1ccc(Oc2ccc3nc(C(C)C)sc3c2C#N)cn1. The zero-order chi connectivity index (χ0) is 21.8. The Morgan fingerprint density at radius 1 is 1.20 bits per heavy atom. The van der Waals surface area contributed by atoms with Crippen LogP contribution in [0.1, 0.15) is 51.1 Å². The number of thiazole rings is 1. The number of fused-ring (bicyclic) bond motifs is 1. The van der Waals surface area contributed by atoms with Crippen LogP contribution in [0.5, 0.6) is 17.4 Å². The van der Waals surface area contributed by atoms with Gasteiger partial charge in [-0.1, -0.05) is 13.8 Å². The Bertz CT molecular complexity index is 1090. The summed E-state index contributed by atoms with van der Waals surface area (Å²) in [6.45, 7) is 9.35. The van der Waals surface area contributed by atoms with Gasteiger partial charge in [0.15, 0.2) is 0 Å². The average molecular weight is 425 g/mol. The second kappa shape index (κ2) is 9.09. The van der Waals surface area contributed by atoms with Crippen molar-refractivity contribution in [1.29, 1.82) is 5.26 Å². The van der Waals surface area contributed by atoms with Gasteiger partial charge in [-0.05, 0) is 32.0 Å². The van der Waals surface area contributed by atoms with Crippen LogP contribution >= 0.6 is 11.3 Å². The third-order valence-electron chi connectivity index (χ3n) is 4.52. The number of rotatable bonds is 7. The van der Waals surface area contributed by atoms with Gasteiger partial charge in [0.2, 0.25) is 11.8 Å². The fraction of sp³-hybridized carbons (Fsp3) is 0.364. The number of pyridine rings is 1. The van der Waals surface area contributed by atoms with E-state index in [-0.39, 0.29) is 18.1 Å². The number of hydrogen-bond acceptors (Lipinski definition) is 7. The largest absolute Gasteiger partial charge is 0.472 e. The summed E-state index contributed by atoms with van der Waals surface area (Å²) in [6, 6.07) is 9.14. The number of carbonyl (C=O) groups excluding carboxylic acids is 1. The minimum atomic E-state index is -0.248. The molecule has 7 nitrogen and oxygen atoms in total. The van der Waals surface area contributed by atoms with E-state index in [0.29, 0.717) is 28.9 Å². The predicted molar refractivity (Wildman–Crippen MR) is 116 cm³/mol. The molecule has 0 fully saturated rings. The molecular weight excluding hydrogens is 400 g/mol. The van der Waals surface area contributed by atoms with Crippen molar-refractivity contribution in [2.45, 2.75) is 52.7 Å². The molecule has 0 radical (unpaired) electrons. The predicted octanol–water partition coefficient (Wildman–Crippen LogP) is 4.77. The zero-order valence-corrected chi connectivity index (χ0v) is 18.4. The molecule has 0 saturated heterocycles. The van der Waals surface area contributed by atoms with Gasteiger partial charge in [-0.2, -0.15) is 5.26 Å². The first kappa shape index (κ1) is 21.5. The molecule has 156 valence electrons. The van der Waals surface area contributed by atoms with E-state index in [4.69, 9.17) is 9.47 Å². The average Bonchev–Trinajstić information content (AvgIpc) is 3.13. The van der Waals surface area contributed by atoms with E-state index in [1.54, 1.807) is 24.4 Å². The van der Waals surface area contributed by atoms with Gasteiger partial charge in [0.1, 0.15) is 29.2 Å². The lowest BCUT2D eigenvalue weighted by Crippen LogP contribution is -2.41. The van der Waals surface area contributed by atoms with Crippen LogP contribution in [0.25, 0.3) is 10.2 Å². The maximum atomic E-state index is 11.2. The standard InChI is InChI=1S/C22H24N4O3S/c1-12(2)22-26-18-7-8-19(17(10-23)21(18)30-22)29-16-6-9-20(24-11-16)28-14(4)13(3)25-15(5)27/h6-9,11-14H,1-5H3,(H,25,27). The Hall–Kier alpha value is -3.18. The number of benzene rings is 1. The molecule has 0 bridgehead atoms. The van der Waals surface area contributed by atoms with Gasteiger partial charge in [-0.3, -0.25) is 4.79 Å². The van der Waals surface area contributed by atoms with Crippen molar-refractivity contribution >= 4 is 27.5 Å². The van der Waals surface area contributed by atoms with Crippen LogP contribution in [0, 0.1) is 11.3 Å². The van der Waals surface area contributed by atoms with Crippen molar-refractivity contribution in [3.63, 3.8) is 0 Å². The molecule has 8 heteroatoms. The number of aromatic nitrogens is 2. The lowest BCUT2D eigenvalue weighted by molar-refractivity contribution is -0.120. The van der Waals surface area contributed by atoms with Crippen LogP contribution in [0.4, 0.5) is 0 Å². The van der Waals surface area contributed by atoms with E-state index < -0.39 is 0 Å². The van der Waals surface area contributed by atoms with Crippen LogP contribution in [0.15, 0.2) is 30.5 Å². The maximum Gasteiger partial charge on any atom is 0.217 e. The van der Waals surface area contributed by atoms with Gasteiger partial charge in [0.05, 0.1) is 27.5 Å². The smallest absolute Gasteiger partial charge is 0.217 e. The molecule has 1 N–H and O–H groups in total. The molecule has 0 aliphatic rings. The Morgan fingerprint density at radius 3 is 2.57 bits per heavy atom. The van der Waals surface area contributed by atoms with Crippen molar-refractivity contribution in [3.05, 3.63) is 41.0 Å². The molecule has 1 amide bonds. The first-order valence-electron chi connectivity index (χ1n) is 9.69. The minimum Gasteiger partial charge on any atom is -0.472 e.